The number of aromatic nitrogens is 2. The molecule has 0 bridgehead atoms. The van der Waals surface area contributed by atoms with Crippen molar-refractivity contribution in [2.24, 2.45) is 22.6 Å². The van der Waals surface area contributed by atoms with Crippen LogP contribution in [0.15, 0.2) is 17.9 Å². The van der Waals surface area contributed by atoms with Crippen LogP contribution in [0.3, 0.4) is 0 Å². The van der Waals surface area contributed by atoms with E-state index in [2.05, 4.69) is 40.3 Å². The van der Waals surface area contributed by atoms with Gasteiger partial charge in [-0.2, -0.15) is 4.99 Å². The fourth-order valence-electron chi connectivity index (χ4n) is 2.64. The lowest BCUT2D eigenvalue weighted by atomic mass is 9.71. The highest BCUT2D eigenvalue weighted by molar-refractivity contribution is 5.93. The lowest BCUT2D eigenvalue weighted by Gasteiger charge is -2.42. The van der Waals surface area contributed by atoms with Crippen molar-refractivity contribution in [2.75, 3.05) is 0 Å². The van der Waals surface area contributed by atoms with Crippen LogP contribution in [0.4, 0.5) is 5.82 Å². The van der Waals surface area contributed by atoms with Crippen LogP contribution in [0.2, 0.25) is 0 Å². The van der Waals surface area contributed by atoms with Crippen LogP contribution < -0.4 is 11.1 Å². The van der Waals surface area contributed by atoms with Gasteiger partial charge in [0.15, 0.2) is 11.8 Å². The smallest absolute Gasteiger partial charge is 0.199 e. The van der Waals surface area contributed by atoms with Crippen molar-refractivity contribution < 1.29 is 0 Å². The minimum atomic E-state index is 0.393. The van der Waals surface area contributed by atoms with E-state index in [9.17, 15) is 0 Å². The van der Waals surface area contributed by atoms with Gasteiger partial charge in [0.1, 0.15) is 5.69 Å². The molecular weight excluding hydrogens is 214 g/mol. The second kappa shape index (κ2) is 3.35. The van der Waals surface area contributed by atoms with Crippen LogP contribution in [0.25, 0.3) is 5.70 Å². The molecule has 3 rings (SSSR count). The molecule has 2 aliphatic rings. The van der Waals surface area contributed by atoms with Gasteiger partial charge in [0, 0.05) is 6.04 Å². The molecule has 3 unspecified atom stereocenters. The molecule has 1 fully saturated rings. The molecule has 0 saturated heterocycles. The van der Waals surface area contributed by atoms with Crippen molar-refractivity contribution in [3.63, 3.8) is 0 Å². The van der Waals surface area contributed by atoms with Crippen LogP contribution in [0.1, 0.15) is 32.0 Å². The predicted molar refractivity (Wildman–Crippen MR) is 67.7 cm³/mol. The Bertz CT molecular complexity index is 513. The van der Waals surface area contributed by atoms with E-state index in [4.69, 9.17) is 5.73 Å². The first-order valence-electron chi connectivity index (χ1n) is 5.95. The van der Waals surface area contributed by atoms with Crippen molar-refractivity contribution in [2.45, 2.75) is 26.3 Å². The SMILES string of the molecule is C=C1NC(N)=Nc2c1ncn2C1CC(C)C1C. The van der Waals surface area contributed by atoms with Crippen molar-refractivity contribution in [1.29, 1.82) is 0 Å². The molecule has 1 aromatic heterocycles. The molecule has 0 radical (unpaired) electrons. The number of nitrogens with zero attached hydrogens (tertiary/aromatic N) is 3. The minimum absolute atomic E-state index is 0.393. The number of nitrogens with two attached hydrogens (primary N) is 1. The number of fused-ring (bicyclic) bond motifs is 1. The van der Waals surface area contributed by atoms with Crippen LogP contribution in [-0.4, -0.2) is 15.5 Å². The molecule has 1 aromatic rings. The van der Waals surface area contributed by atoms with Gasteiger partial charge in [0.25, 0.3) is 0 Å². The summed E-state index contributed by atoms with van der Waals surface area (Å²) in [6, 6.07) is 0.490. The standard InChI is InChI=1S/C12H17N5/c1-6-4-9(7(6)2)17-5-14-10-8(3)15-12(13)16-11(10)17/h5-7,9H,3-4H2,1-2H3,(H3,13,15,16). The maximum absolute atomic E-state index is 5.73. The summed E-state index contributed by atoms with van der Waals surface area (Å²) in [5.41, 5.74) is 7.27. The maximum atomic E-state index is 5.73. The number of hydrogen-bond donors (Lipinski definition) is 2. The van der Waals surface area contributed by atoms with E-state index in [1.165, 1.54) is 6.42 Å². The first-order chi connectivity index (χ1) is 8.08. The summed E-state index contributed by atoms with van der Waals surface area (Å²) in [7, 11) is 0. The first kappa shape index (κ1) is 10.4. The fourth-order valence-corrected chi connectivity index (χ4v) is 2.64. The number of imidazole rings is 1. The van der Waals surface area contributed by atoms with E-state index in [1.54, 1.807) is 0 Å². The Balaban J connectivity index is 2.02. The summed E-state index contributed by atoms with van der Waals surface area (Å²) in [6.45, 7) is 8.46. The maximum Gasteiger partial charge on any atom is 0.199 e. The largest absolute Gasteiger partial charge is 0.369 e. The van der Waals surface area contributed by atoms with Crippen molar-refractivity contribution in [3.8, 4) is 0 Å². The molecule has 1 aliphatic heterocycles. The Labute approximate surface area is 100 Å². The molecule has 0 amide bonds. The topological polar surface area (TPSA) is 68.2 Å². The first-order valence-corrected chi connectivity index (χ1v) is 5.95. The third-order valence-electron chi connectivity index (χ3n) is 4.03. The quantitative estimate of drug-likeness (QED) is 0.771. The molecule has 90 valence electrons. The molecule has 0 aromatic carbocycles. The van der Waals surface area contributed by atoms with E-state index in [1.807, 2.05) is 6.33 Å². The predicted octanol–water partition coefficient (Wildman–Crippen LogP) is 1.62. The second-order valence-corrected chi connectivity index (χ2v) is 5.06. The average molecular weight is 231 g/mol. The van der Waals surface area contributed by atoms with Gasteiger partial charge in [-0.1, -0.05) is 20.4 Å². The minimum Gasteiger partial charge on any atom is -0.369 e. The molecule has 5 heteroatoms. The molecule has 17 heavy (non-hydrogen) atoms. The summed E-state index contributed by atoms with van der Waals surface area (Å²) in [4.78, 5) is 8.71. The van der Waals surface area contributed by atoms with Crippen molar-refractivity contribution >= 4 is 17.5 Å². The van der Waals surface area contributed by atoms with E-state index >= 15 is 0 Å². The number of aliphatic imine (C=N–C) groups is 1. The normalized spacial score (nSPS) is 31.3. The van der Waals surface area contributed by atoms with E-state index in [-0.39, 0.29) is 0 Å². The van der Waals surface area contributed by atoms with Gasteiger partial charge in [-0.3, -0.25) is 0 Å². The third-order valence-corrected chi connectivity index (χ3v) is 4.03. The molecule has 1 saturated carbocycles. The van der Waals surface area contributed by atoms with Gasteiger partial charge < -0.3 is 15.6 Å². The number of rotatable bonds is 1. The van der Waals surface area contributed by atoms with Crippen LogP contribution >= 0.6 is 0 Å². The molecule has 2 heterocycles. The monoisotopic (exact) mass is 231 g/mol. The second-order valence-electron chi connectivity index (χ2n) is 5.06. The number of guanidine groups is 1. The summed E-state index contributed by atoms with van der Waals surface area (Å²) in [5, 5.41) is 2.90. The van der Waals surface area contributed by atoms with Gasteiger partial charge >= 0.3 is 0 Å². The molecule has 1 aliphatic carbocycles. The van der Waals surface area contributed by atoms with E-state index < -0.39 is 0 Å². The summed E-state index contributed by atoms with van der Waals surface area (Å²) in [5.74, 6) is 2.66. The van der Waals surface area contributed by atoms with Gasteiger partial charge in [-0.05, 0) is 18.3 Å². The third kappa shape index (κ3) is 1.38. The zero-order chi connectivity index (χ0) is 12.2. The Morgan fingerprint density at radius 1 is 1.53 bits per heavy atom. The summed E-state index contributed by atoms with van der Waals surface area (Å²) < 4.78 is 2.14. The van der Waals surface area contributed by atoms with Gasteiger partial charge in [-0.25, -0.2) is 4.98 Å². The van der Waals surface area contributed by atoms with Gasteiger partial charge in [-0.15, -0.1) is 0 Å². The summed E-state index contributed by atoms with van der Waals surface area (Å²) in [6.07, 6.45) is 3.03. The summed E-state index contributed by atoms with van der Waals surface area (Å²) >= 11 is 0. The van der Waals surface area contributed by atoms with Crippen molar-refractivity contribution in [1.82, 2.24) is 14.9 Å². The lowest BCUT2D eigenvalue weighted by Crippen LogP contribution is -2.36. The molecule has 3 N–H and O–H groups in total. The average Bonchev–Trinajstić information content (AvgIpc) is 2.69. The zero-order valence-corrected chi connectivity index (χ0v) is 10.1. The molecular formula is C12H17N5. The Morgan fingerprint density at radius 2 is 2.29 bits per heavy atom. The highest BCUT2D eigenvalue weighted by Crippen LogP contribution is 2.46. The van der Waals surface area contributed by atoms with E-state index in [0.717, 1.165) is 23.1 Å². The van der Waals surface area contributed by atoms with Crippen LogP contribution in [0, 0.1) is 11.8 Å². The van der Waals surface area contributed by atoms with Gasteiger partial charge in [0.2, 0.25) is 0 Å². The van der Waals surface area contributed by atoms with Crippen molar-refractivity contribution in [3.05, 3.63) is 18.6 Å². The Hall–Kier alpha value is -1.78. The fraction of sp³-hybridized carbons (Fsp3) is 0.500. The van der Waals surface area contributed by atoms with Crippen LogP contribution in [0.5, 0.6) is 0 Å². The zero-order valence-electron chi connectivity index (χ0n) is 10.1. The lowest BCUT2D eigenvalue weighted by molar-refractivity contribution is 0.113. The number of hydrogen-bond acceptors (Lipinski definition) is 4. The highest BCUT2D eigenvalue weighted by atomic mass is 15.2. The number of nitrogens with one attached hydrogen (secondary N) is 1. The van der Waals surface area contributed by atoms with Gasteiger partial charge in [0.05, 0.1) is 12.0 Å². The molecule has 5 nitrogen and oxygen atoms in total. The Morgan fingerprint density at radius 3 is 2.94 bits per heavy atom. The van der Waals surface area contributed by atoms with E-state index in [0.29, 0.717) is 17.9 Å². The molecule has 3 atom stereocenters. The Kier molecular flexibility index (Phi) is 2.05. The molecule has 0 spiro atoms. The highest BCUT2D eigenvalue weighted by Gasteiger charge is 2.37. The van der Waals surface area contributed by atoms with Crippen LogP contribution in [-0.2, 0) is 0 Å².